The quantitative estimate of drug-likeness (QED) is 0.430. The van der Waals surface area contributed by atoms with Gasteiger partial charge in [0, 0.05) is 5.54 Å². The third-order valence-corrected chi connectivity index (χ3v) is 6.83. The number of nitrogens with zero attached hydrogens (tertiary/aromatic N) is 1. The fraction of sp³-hybridized carbons (Fsp3) is 0.200. The monoisotopic (exact) mass is 513 g/mol. The molecule has 0 unspecified atom stereocenters. The number of carbonyl (C=O) groups excluding carboxylic acids is 1. The Morgan fingerprint density at radius 1 is 1.03 bits per heavy atom. The summed E-state index contributed by atoms with van der Waals surface area (Å²) in [6.45, 7) is -1.13. The maximum absolute atomic E-state index is 13.0. The van der Waals surface area contributed by atoms with Gasteiger partial charge in [0.1, 0.15) is 22.1 Å². The van der Waals surface area contributed by atoms with Crippen LogP contribution in [-0.2, 0) is 10.0 Å². The number of rotatable bonds is 8. The van der Waals surface area contributed by atoms with Crippen LogP contribution in [0.1, 0.15) is 25.3 Å². The second-order valence-corrected chi connectivity index (χ2v) is 10.1. The lowest BCUT2D eigenvalue weighted by Crippen LogP contribution is -2.44. The van der Waals surface area contributed by atoms with Crippen LogP contribution in [0.25, 0.3) is 11.1 Å². The predicted molar refractivity (Wildman–Crippen MR) is 126 cm³/mol. The lowest BCUT2D eigenvalue weighted by Gasteiger charge is -2.16. The van der Waals surface area contributed by atoms with Gasteiger partial charge in [0.25, 0.3) is 10.0 Å². The zero-order valence-electron chi connectivity index (χ0n) is 19.0. The van der Waals surface area contributed by atoms with Gasteiger partial charge in [-0.3, -0.25) is 0 Å². The van der Waals surface area contributed by atoms with Crippen LogP contribution in [-0.4, -0.2) is 26.6 Å². The van der Waals surface area contributed by atoms with Gasteiger partial charge in [0.15, 0.2) is 0 Å². The van der Waals surface area contributed by atoms with Crippen LogP contribution in [0, 0.1) is 11.3 Å². The number of hydrogen-bond acceptors (Lipinski definition) is 6. The summed E-state index contributed by atoms with van der Waals surface area (Å²) in [4.78, 5) is 11.9. The predicted octanol–water partition coefficient (Wildman–Crippen LogP) is 5.16. The Kier molecular flexibility index (Phi) is 6.81. The fourth-order valence-electron chi connectivity index (χ4n) is 3.36. The first-order valence-electron chi connectivity index (χ1n) is 10.8. The van der Waals surface area contributed by atoms with E-state index < -0.39 is 28.2 Å². The van der Waals surface area contributed by atoms with Crippen LogP contribution in [0.3, 0.4) is 0 Å². The molecule has 1 aliphatic rings. The molecule has 186 valence electrons. The molecule has 0 radical (unpaired) electrons. The first kappa shape index (κ1) is 24.9. The van der Waals surface area contributed by atoms with E-state index in [0.717, 1.165) is 18.9 Å². The highest BCUT2D eigenvalue weighted by Gasteiger charge is 2.39. The third kappa shape index (κ3) is 6.09. The van der Waals surface area contributed by atoms with Crippen molar-refractivity contribution in [3.8, 4) is 34.4 Å². The minimum atomic E-state index is -4.38. The highest BCUT2D eigenvalue weighted by Crippen LogP contribution is 2.35. The van der Waals surface area contributed by atoms with Gasteiger partial charge in [-0.05, 0) is 73.4 Å². The van der Waals surface area contributed by atoms with Crippen molar-refractivity contribution < 1.29 is 31.5 Å². The zero-order valence-corrected chi connectivity index (χ0v) is 19.8. The van der Waals surface area contributed by atoms with Crippen molar-refractivity contribution in [3.05, 3.63) is 72.3 Å². The molecule has 36 heavy (non-hydrogen) atoms. The Labute approximate surface area is 206 Å². The normalized spacial score (nSPS) is 14.0. The van der Waals surface area contributed by atoms with Crippen LogP contribution in [0.5, 0.6) is 17.2 Å². The average molecular weight is 514 g/mol. The molecule has 4 rings (SSSR count). The molecular formula is C25H21F2N3O5S. The number of sulfonamides is 1. The number of halogens is 2. The molecule has 1 saturated carbocycles. The number of amides is 2. The van der Waals surface area contributed by atoms with Crippen molar-refractivity contribution in [1.82, 2.24) is 10.0 Å². The van der Waals surface area contributed by atoms with Gasteiger partial charge in [0.2, 0.25) is 0 Å². The van der Waals surface area contributed by atoms with Gasteiger partial charge in [-0.2, -0.15) is 14.0 Å². The van der Waals surface area contributed by atoms with E-state index in [9.17, 15) is 27.3 Å². The largest absolute Gasteiger partial charge is 0.456 e. The molecule has 0 heterocycles. The van der Waals surface area contributed by atoms with E-state index in [4.69, 9.17) is 4.74 Å². The summed E-state index contributed by atoms with van der Waals surface area (Å²) in [5.74, 6) is 0.196. The molecule has 0 atom stereocenters. The number of ether oxygens (including phenoxy) is 2. The number of alkyl halides is 2. The molecule has 11 heteroatoms. The van der Waals surface area contributed by atoms with Gasteiger partial charge in [-0.25, -0.2) is 17.9 Å². The topological polar surface area (TPSA) is 118 Å². The molecule has 3 aromatic carbocycles. The summed E-state index contributed by atoms with van der Waals surface area (Å²) in [7, 11) is -4.38. The van der Waals surface area contributed by atoms with E-state index in [1.165, 1.54) is 24.3 Å². The van der Waals surface area contributed by atoms with Crippen LogP contribution in [0.2, 0.25) is 0 Å². The second kappa shape index (κ2) is 9.83. The Morgan fingerprint density at radius 3 is 2.39 bits per heavy atom. The van der Waals surface area contributed by atoms with E-state index in [0.29, 0.717) is 11.1 Å². The molecule has 0 aromatic heterocycles. The molecule has 1 fully saturated rings. The van der Waals surface area contributed by atoms with Crippen LogP contribution >= 0.6 is 0 Å². The molecule has 3 aromatic rings. The number of benzene rings is 3. The van der Waals surface area contributed by atoms with E-state index in [1.54, 1.807) is 43.3 Å². The Bertz CT molecular complexity index is 1430. The number of hydrogen-bond donors (Lipinski definition) is 2. The van der Waals surface area contributed by atoms with Crippen LogP contribution in [0.15, 0.2) is 71.6 Å². The van der Waals surface area contributed by atoms with Crippen LogP contribution < -0.4 is 19.5 Å². The van der Waals surface area contributed by atoms with Crippen molar-refractivity contribution in [2.75, 3.05) is 0 Å². The number of nitriles is 1. The van der Waals surface area contributed by atoms with Crippen molar-refractivity contribution >= 4 is 16.1 Å². The molecule has 2 amide bonds. The molecule has 8 nitrogen and oxygen atoms in total. The molecule has 0 bridgehead atoms. The number of carbonyl (C=O) groups is 1. The lowest BCUT2D eigenvalue weighted by molar-refractivity contribution is -0.0498. The van der Waals surface area contributed by atoms with Gasteiger partial charge in [-0.1, -0.05) is 24.3 Å². The van der Waals surface area contributed by atoms with Crippen molar-refractivity contribution in [3.63, 3.8) is 0 Å². The Balaban J connectivity index is 1.59. The third-order valence-electron chi connectivity index (χ3n) is 5.48. The minimum Gasteiger partial charge on any atom is -0.456 e. The Morgan fingerprint density at radius 2 is 1.75 bits per heavy atom. The maximum atomic E-state index is 13.0. The zero-order chi connectivity index (χ0) is 25.9. The summed E-state index contributed by atoms with van der Waals surface area (Å²) in [5.41, 5.74) is 0.987. The molecule has 0 saturated heterocycles. The smallest absolute Gasteiger partial charge is 0.387 e. The average Bonchev–Trinajstić information content (AvgIpc) is 3.55. The molecule has 2 N–H and O–H groups in total. The summed E-state index contributed by atoms with van der Waals surface area (Å²) >= 11 is 0. The number of urea groups is 1. The van der Waals surface area contributed by atoms with E-state index in [2.05, 4.69) is 10.1 Å². The standard InChI is InChI=1S/C25H21F2N3O5S/c1-25(11-12-25)29-24(31)30-36(32,33)22-13-16(15-28)5-10-21(22)34-20-4-2-3-18(14-20)17-6-8-19(9-7-17)35-23(26)27/h2-10,13-14,23H,11-12H2,1H3,(H2,29,30,31). The molecule has 0 spiro atoms. The summed E-state index contributed by atoms with van der Waals surface area (Å²) in [6.07, 6.45) is 1.49. The van der Waals surface area contributed by atoms with E-state index in [1.807, 2.05) is 10.8 Å². The van der Waals surface area contributed by atoms with Gasteiger partial charge in [-0.15, -0.1) is 0 Å². The summed E-state index contributed by atoms with van der Waals surface area (Å²) in [5, 5.41) is 11.9. The fourth-order valence-corrected chi connectivity index (χ4v) is 4.42. The SMILES string of the molecule is CC1(NC(=O)NS(=O)(=O)c2cc(C#N)ccc2Oc2cccc(-c3ccc(OC(F)F)cc3)c2)CC1. The first-order chi connectivity index (χ1) is 17.1. The Hall–Kier alpha value is -4.17. The van der Waals surface area contributed by atoms with E-state index in [-0.39, 0.29) is 27.7 Å². The van der Waals surface area contributed by atoms with Gasteiger partial charge in [0.05, 0.1) is 11.6 Å². The van der Waals surface area contributed by atoms with E-state index >= 15 is 0 Å². The molecule has 0 aliphatic heterocycles. The van der Waals surface area contributed by atoms with Crippen molar-refractivity contribution in [2.45, 2.75) is 36.8 Å². The maximum Gasteiger partial charge on any atom is 0.387 e. The second-order valence-electron chi connectivity index (χ2n) is 8.43. The van der Waals surface area contributed by atoms with Crippen molar-refractivity contribution in [2.24, 2.45) is 0 Å². The minimum absolute atomic E-state index is 0.0146. The highest BCUT2D eigenvalue weighted by molar-refractivity contribution is 7.90. The van der Waals surface area contributed by atoms with Gasteiger partial charge < -0.3 is 14.8 Å². The van der Waals surface area contributed by atoms with Gasteiger partial charge >= 0.3 is 12.6 Å². The summed E-state index contributed by atoms with van der Waals surface area (Å²) in [6, 6.07) is 17.5. The lowest BCUT2D eigenvalue weighted by atomic mass is 10.1. The molecule has 1 aliphatic carbocycles. The first-order valence-corrected chi connectivity index (χ1v) is 12.3. The van der Waals surface area contributed by atoms with Crippen LogP contribution in [0.4, 0.5) is 13.6 Å². The number of nitrogens with one attached hydrogen (secondary N) is 2. The van der Waals surface area contributed by atoms with Crippen molar-refractivity contribution in [1.29, 1.82) is 5.26 Å². The molecular weight excluding hydrogens is 492 g/mol. The summed E-state index contributed by atoms with van der Waals surface area (Å²) < 4.78 is 62.9. The highest BCUT2D eigenvalue weighted by atomic mass is 32.2.